The molecule has 0 aliphatic rings. The zero-order valence-corrected chi connectivity index (χ0v) is 7.63. The zero-order chi connectivity index (χ0) is 9.84. The van der Waals surface area contributed by atoms with Gasteiger partial charge < -0.3 is 10.8 Å². The Labute approximate surface area is 77.2 Å². The van der Waals surface area contributed by atoms with E-state index in [1.54, 1.807) is 12.1 Å². The quantitative estimate of drug-likeness (QED) is 0.743. The highest BCUT2D eigenvalue weighted by Crippen LogP contribution is 2.19. The highest BCUT2D eigenvalue weighted by atomic mass is 19.1. The third-order valence-corrected chi connectivity index (χ3v) is 2.10. The van der Waals surface area contributed by atoms with Crippen molar-refractivity contribution in [3.63, 3.8) is 0 Å². The molecule has 0 saturated carbocycles. The summed E-state index contributed by atoms with van der Waals surface area (Å²) in [5.74, 6) is -0.246. The standard InChI is InChI=1S/C10H14FNO/c1-2-7-8(10(12)6-13)4-3-5-9(7)11/h3-5,10,13H,2,6,12H2,1H3/t10-/m1/s1. The highest BCUT2D eigenvalue weighted by Gasteiger charge is 2.11. The van der Waals surface area contributed by atoms with E-state index in [1.165, 1.54) is 6.07 Å². The van der Waals surface area contributed by atoms with Gasteiger partial charge in [-0.3, -0.25) is 0 Å². The summed E-state index contributed by atoms with van der Waals surface area (Å²) in [5.41, 5.74) is 6.92. The maximum atomic E-state index is 13.2. The summed E-state index contributed by atoms with van der Waals surface area (Å²) in [4.78, 5) is 0. The molecule has 0 aliphatic carbocycles. The van der Waals surface area contributed by atoms with Crippen molar-refractivity contribution in [1.82, 2.24) is 0 Å². The molecule has 3 heteroatoms. The number of hydrogen-bond donors (Lipinski definition) is 2. The summed E-state index contributed by atoms with van der Waals surface area (Å²) in [6, 6.07) is 4.29. The lowest BCUT2D eigenvalue weighted by Gasteiger charge is -2.13. The molecule has 2 nitrogen and oxygen atoms in total. The summed E-state index contributed by atoms with van der Waals surface area (Å²) < 4.78 is 13.2. The zero-order valence-electron chi connectivity index (χ0n) is 7.63. The molecule has 0 fully saturated rings. The highest BCUT2D eigenvalue weighted by molar-refractivity contribution is 5.31. The van der Waals surface area contributed by atoms with Gasteiger partial charge in [-0.25, -0.2) is 4.39 Å². The number of nitrogens with two attached hydrogens (primary N) is 1. The molecule has 0 aromatic heterocycles. The minimum absolute atomic E-state index is 0.156. The van der Waals surface area contributed by atoms with Crippen molar-refractivity contribution in [1.29, 1.82) is 0 Å². The molecule has 0 unspecified atom stereocenters. The van der Waals surface area contributed by atoms with E-state index in [4.69, 9.17) is 10.8 Å². The molecule has 1 rings (SSSR count). The number of rotatable bonds is 3. The second kappa shape index (κ2) is 4.35. The smallest absolute Gasteiger partial charge is 0.126 e. The second-order valence-electron chi connectivity index (χ2n) is 2.95. The van der Waals surface area contributed by atoms with Crippen molar-refractivity contribution in [2.45, 2.75) is 19.4 Å². The maximum Gasteiger partial charge on any atom is 0.126 e. The first-order valence-electron chi connectivity index (χ1n) is 4.34. The number of benzene rings is 1. The SMILES string of the molecule is CCc1c(F)cccc1[C@H](N)CO. The molecular weight excluding hydrogens is 169 g/mol. The molecule has 3 N–H and O–H groups in total. The van der Waals surface area contributed by atoms with Gasteiger partial charge in [-0.1, -0.05) is 19.1 Å². The number of aliphatic hydroxyl groups is 1. The van der Waals surface area contributed by atoms with Crippen LogP contribution in [0.2, 0.25) is 0 Å². The minimum Gasteiger partial charge on any atom is -0.394 e. The van der Waals surface area contributed by atoms with Gasteiger partial charge in [0, 0.05) is 0 Å². The van der Waals surface area contributed by atoms with Gasteiger partial charge in [0.25, 0.3) is 0 Å². The van der Waals surface area contributed by atoms with Crippen molar-refractivity contribution in [2.24, 2.45) is 5.73 Å². The van der Waals surface area contributed by atoms with Gasteiger partial charge >= 0.3 is 0 Å². The predicted molar refractivity (Wildman–Crippen MR) is 49.8 cm³/mol. The van der Waals surface area contributed by atoms with Crippen LogP contribution in [0.5, 0.6) is 0 Å². The van der Waals surface area contributed by atoms with Crippen molar-refractivity contribution < 1.29 is 9.50 Å². The first-order chi connectivity index (χ1) is 6.20. The molecule has 13 heavy (non-hydrogen) atoms. The lowest BCUT2D eigenvalue weighted by Crippen LogP contribution is -2.17. The van der Waals surface area contributed by atoms with E-state index in [0.29, 0.717) is 17.5 Å². The van der Waals surface area contributed by atoms with Crippen LogP contribution in [0, 0.1) is 5.82 Å². The molecule has 0 spiro atoms. The molecule has 0 radical (unpaired) electrons. The van der Waals surface area contributed by atoms with Crippen molar-refractivity contribution in [3.05, 3.63) is 35.1 Å². The van der Waals surface area contributed by atoms with Gasteiger partial charge in [0.05, 0.1) is 12.6 Å². The Bertz CT molecular complexity index is 288. The fourth-order valence-corrected chi connectivity index (χ4v) is 1.39. The van der Waals surface area contributed by atoms with Crippen LogP contribution >= 0.6 is 0 Å². The first-order valence-corrected chi connectivity index (χ1v) is 4.34. The van der Waals surface area contributed by atoms with Gasteiger partial charge in [0.1, 0.15) is 5.82 Å². The summed E-state index contributed by atoms with van der Waals surface area (Å²) >= 11 is 0. The van der Waals surface area contributed by atoms with E-state index in [-0.39, 0.29) is 12.4 Å². The fraction of sp³-hybridized carbons (Fsp3) is 0.400. The molecule has 0 saturated heterocycles. The Balaban J connectivity index is 3.12. The summed E-state index contributed by atoms with van der Waals surface area (Å²) in [7, 11) is 0. The molecular formula is C10H14FNO. The number of hydrogen-bond acceptors (Lipinski definition) is 2. The lowest BCUT2D eigenvalue weighted by atomic mass is 9.99. The van der Waals surface area contributed by atoms with Crippen LogP contribution in [-0.2, 0) is 6.42 Å². The molecule has 1 aromatic rings. The first kappa shape index (κ1) is 10.2. The number of aliphatic hydroxyl groups excluding tert-OH is 1. The van der Waals surface area contributed by atoms with E-state index in [9.17, 15) is 4.39 Å². The average Bonchev–Trinajstić information content (AvgIpc) is 2.16. The van der Waals surface area contributed by atoms with E-state index < -0.39 is 6.04 Å². The summed E-state index contributed by atoms with van der Waals surface area (Å²) in [5, 5.41) is 8.85. The van der Waals surface area contributed by atoms with E-state index >= 15 is 0 Å². The molecule has 1 atom stereocenters. The Morgan fingerprint density at radius 2 is 2.23 bits per heavy atom. The molecule has 0 bridgehead atoms. The van der Waals surface area contributed by atoms with Crippen LogP contribution in [-0.4, -0.2) is 11.7 Å². The van der Waals surface area contributed by atoms with E-state index in [2.05, 4.69) is 0 Å². The molecule has 0 aliphatic heterocycles. The Hall–Kier alpha value is -0.930. The third-order valence-electron chi connectivity index (χ3n) is 2.10. The van der Waals surface area contributed by atoms with Gasteiger partial charge in [0.15, 0.2) is 0 Å². The summed E-state index contributed by atoms with van der Waals surface area (Å²) in [6.45, 7) is 1.71. The van der Waals surface area contributed by atoms with Gasteiger partial charge in [-0.05, 0) is 23.6 Å². The minimum atomic E-state index is -0.481. The second-order valence-corrected chi connectivity index (χ2v) is 2.95. The fourth-order valence-electron chi connectivity index (χ4n) is 1.39. The summed E-state index contributed by atoms with van der Waals surface area (Å²) in [6.07, 6.45) is 0.593. The average molecular weight is 183 g/mol. The van der Waals surface area contributed by atoms with Crippen molar-refractivity contribution in [3.8, 4) is 0 Å². The van der Waals surface area contributed by atoms with E-state index in [0.717, 1.165) is 0 Å². The van der Waals surface area contributed by atoms with Crippen LogP contribution in [0.4, 0.5) is 4.39 Å². The van der Waals surface area contributed by atoms with Crippen LogP contribution < -0.4 is 5.73 Å². The van der Waals surface area contributed by atoms with Gasteiger partial charge in [-0.2, -0.15) is 0 Å². The molecule has 0 heterocycles. The Kier molecular flexibility index (Phi) is 3.39. The molecule has 0 amide bonds. The molecule has 72 valence electrons. The largest absolute Gasteiger partial charge is 0.394 e. The lowest BCUT2D eigenvalue weighted by molar-refractivity contribution is 0.267. The van der Waals surface area contributed by atoms with Crippen molar-refractivity contribution >= 4 is 0 Å². The topological polar surface area (TPSA) is 46.2 Å². The van der Waals surface area contributed by atoms with E-state index in [1.807, 2.05) is 6.92 Å². The van der Waals surface area contributed by atoms with Crippen molar-refractivity contribution in [2.75, 3.05) is 6.61 Å². The monoisotopic (exact) mass is 183 g/mol. The van der Waals surface area contributed by atoms with Gasteiger partial charge in [0.2, 0.25) is 0 Å². The van der Waals surface area contributed by atoms with Crippen LogP contribution in [0.1, 0.15) is 24.1 Å². The molecule has 1 aromatic carbocycles. The maximum absolute atomic E-state index is 13.2. The van der Waals surface area contributed by atoms with Crippen LogP contribution in [0.3, 0.4) is 0 Å². The predicted octanol–water partition coefficient (Wildman–Crippen LogP) is 1.38. The normalized spacial score (nSPS) is 12.9. The number of halogens is 1. The van der Waals surface area contributed by atoms with Crippen LogP contribution in [0.25, 0.3) is 0 Å². The Morgan fingerprint density at radius 3 is 2.77 bits per heavy atom. The van der Waals surface area contributed by atoms with Crippen LogP contribution in [0.15, 0.2) is 18.2 Å². The third kappa shape index (κ3) is 2.05. The Morgan fingerprint density at radius 1 is 1.54 bits per heavy atom. The van der Waals surface area contributed by atoms with Gasteiger partial charge in [-0.15, -0.1) is 0 Å².